The number of thiophene rings is 1. The number of benzene rings is 1. The normalized spacial score (nSPS) is 15.2. The molecule has 3 rings (SSSR count). The smallest absolute Gasteiger partial charge is 0.268 e. The lowest BCUT2D eigenvalue weighted by Gasteiger charge is -2.10. The van der Waals surface area contributed by atoms with Gasteiger partial charge in [0.25, 0.3) is 5.91 Å². The summed E-state index contributed by atoms with van der Waals surface area (Å²) < 4.78 is 1.06. The number of carbonyl (C=O) groups excluding carboxylic acids is 2. The van der Waals surface area contributed by atoms with Crippen molar-refractivity contribution in [2.45, 2.75) is 6.42 Å². The Labute approximate surface area is 89.7 Å². The predicted molar refractivity (Wildman–Crippen MR) is 58.0 cm³/mol. The Bertz CT molecular complexity index is 585. The second-order valence-electron chi connectivity index (χ2n) is 3.46. The highest BCUT2D eigenvalue weighted by Crippen LogP contribution is 2.33. The van der Waals surface area contributed by atoms with Gasteiger partial charge in [-0.2, -0.15) is 0 Å². The van der Waals surface area contributed by atoms with Crippen LogP contribution >= 0.6 is 11.3 Å². The van der Waals surface area contributed by atoms with Crippen LogP contribution in [0.25, 0.3) is 10.1 Å². The van der Waals surface area contributed by atoms with Crippen molar-refractivity contribution >= 4 is 33.2 Å². The van der Waals surface area contributed by atoms with E-state index in [-0.39, 0.29) is 11.8 Å². The zero-order valence-electron chi connectivity index (χ0n) is 7.74. The molecule has 0 radical (unpaired) electrons. The van der Waals surface area contributed by atoms with Crippen LogP contribution in [0.2, 0.25) is 0 Å². The van der Waals surface area contributed by atoms with Gasteiger partial charge in [0.2, 0.25) is 5.91 Å². The third kappa shape index (κ3) is 1.18. The van der Waals surface area contributed by atoms with E-state index in [1.165, 1.54) is 11.3 Å². The molecule has 1 aromatic heterocycles. The first kappa shape index (κ1) is 8.61. The molecule has 15 heavy (non-hydrogen) atoms. The SMILES string of the molecule is O=C1Cc2c(sc3ccccc23)C(=O)N1. The highest BCUT2D eigenvalue weighted by atomic mass is 32.1. The fourth-order valence-corrected chi connectivity index (χ4v) is 2.96. The number of hydrogen-bond acceptors (Lipinski definition) is 3. The molecule has 0 saturated heterocycles. The van der Waals surface area contributed by atoms with Crippen LogP contribution in [0.15, 0.2) is 24.3 Å². The minimum Gasteiger partial charge on any atom is -0.291 e. The number of imide groups is 1. The monoisotopic (exact) mass is 217 g/mol. The predicted octanol–water partition coefficient (Wildman–Crippen LogP) is 1.71. The molecule has 1 N–H and O–H groups in total. The van der Waals surface area contributed by atoms with E-state index in [9.17, 15) is 9.59 Å². The summed E-state index contributed by atoms with van der Waals surface area (Å²) in [5.41, 5.74) is 0.879. The van der Waals surface area contributed by atoms with Gasteiger partial charge in [-0.3, -0.25) is 14.9 Å². The van der Waals surface area contributed by atoms with Crippen molar-refractivity contribution in [2.24, 2.45) is 0 Å². The number of amides is 2. The molecule has 2 heterocycles. The summed E-state index contributed by atoms with van der Waals surface area (Å²) in [6.07, 6.45) is 0.311. The Morgan fingerprint density at radius 3 is 2.87 bits per heavy atom. The lowest BCUT2D eigenvalue weighted by molar-refractivity contribution is -0.119. The highest BCUT2D eigenvalue weighted by molar-refractivity contribution is 7.21. The number of hydrogen-bond donors (Lipinski definition) is 1. The van der Waals surface area contributed by atoms with E-state index in [4.69, 9.17) is 0 Å². The molecule has 1 aromatic carbocycles. The second kappa shape index (κ2) is 2.90. The zero-order valence-corrected chi connectivity index (χ0v) is 8.56. The van der Waals surface area contributed by atoms with E-state index in [1.807, 2.05) is 24.3 Å². The third-order valence-electron chi connectivity index (χ3n) is 2.49. The average Bonchev–Trinajstić information content (AvgIpc) is 2.57. The van der Waals surface area contributed by atoms with Gasteiger partial charge in [-0.15, -0.1) is 11.3 Å². The van der Waals surface area contributed by atoms with Crippen LogP contribution in [0.1, 0.15) is 15.2 Å². The van der Waals surface area contributed by atoms with Crippen molar-refractivity contribution < 1.29 is 9.59 Å². The molecule has 0 atom stereocenters. The fourth-order valence-electron chi connectivity index (χ4n) is 1.85. The van der Waals surface area contributed by atoms with Crippen LogP contribution in [0, 0.1) is 0 Å². The van der Waals surface area contributed by atoms with Crippen molar-refractivity contribution in [3.63, 3.8) is 0 Å². The first-order valence-corrected chi connectivity index (χ1v) is 5.42. The van der Waals surface area contributed by atoms with E-state index in [2.05, 4.69) is 5.32 Å². The van der Waals surface area contributed by atoms with Gasteiger partial charge in [-0.05, 0) is 17.0 Å². The van der Waals surface area contributed by atoms with E-state index in [0.29, 0.717) is 11.3 Å². The van der Waals surface area contributed by atoms with Crippen LogP contribution < -0.4 is 5.32 Å². The van der Waals surface area contributed by atoms with Gasteiger partial charge in [-0.1, -0.05) is 18.2 Å². The summed E-state index contributed by atoms with van der Waals surface area (Å²) in [4.78, 5) is 23.5. The topological polar surface area (TPSA) is 46.2 Å². The molecule has 3 nitrogen and oxygen atoms in total. The first-order valence-electron chi connectivity index (χ1n) is 4.60. The van der Waals surface area contributed by atoms with Crippen molar-refractivity contribution in [1.82, 2.24) is 5.32 Å². The summed E-state index contributed by atoms with van der Waals surface area (Å²) >= 11 is 1.45. The van der Waals surface area contributed by atoms with Gasteiger partial charge >= 0.3 is 0 Å². The molecule has 0 fully saturated rings. The zero-order chi connectivity index (χ0) is 10.4. The maximum absolute atomic E-state index is 11.5. The van der Waals surface area contributed by atoms with Gasteiger partial charge in [-0.25, -0.2) is 0 Å². The van der Waals surface area contributed by atoms with E-state index in [1.54, 1.807) is 0 Å². The Kier molecular flexibility index (Phi) is 1.67. The Balaban J connectivity index is 2.36. The van der Waals surface area contributed by atoms with Gasteiger partial charge in [0.1, 0.15) is 0 Å². The van der Waals surface area contributed by atoms with Crippen molar-refractivity contribution in [2.75, 3.05) is 0 Å². The van der Waals surface area contributed by atoms with E-state index < -0.39 is 0 Å². The molecule has 1 aliphatic rings. The van der Waals surface area contributed by atoms with Gasteiger partial charge in [0, 0.05) is 4.70 Å². The number of carbonyl (C=O) groups is 2. The van der Waals surface area contributed by atoms with Gasteiger partial charge in [0.05, 0.1) is 11.3 Å². The minimum absolute atomic E-state index is 0.212. The Morgan fingerprint density at radius 2 is 2.00 bits per heavy atom. The van der Waals surface area contributed by atoms with Crippen LogP contribution in [-0.2, 0) is 11.2 Å². The molecule has 2 amide bonds. The number of nitrogens with one attached hydrogen (secondary N) is 1. The summed E-state index contributed by atoms with van der Waals surface area (Å²) in [6, 6.07) is 7.78. The van der Waals surface area contributed by atoms with Gasteiger partial charge < -0.3 is 0 Å². The maximum atomic E-state index is 11.5. The number of fused-ring (bicyclic) bond motifs is 3. The summed E-state index contributed by atoms with van der Waals surface area (Å²) in [5, 5.41) is 3.36. The molecule has 0 spiro atoms. The summed E-state index contributed by atoms with van der Waals surface area (Å²) in [6.45, 7) is 0. The lowest BCUT2D eigenvalue weighted by Crippen LogP contribution is -2.36. The maximum Gasteiger partial charge on any atom is 0.268 e. The molecule has 1 aliphatic heterocycles. The molecule has 4 heteroatoms. The third-order valence-corrected chi connectivity index (χ3v) is 3.71. The Morgan fingerprint density at radius 1 is 1.20 bits per heavy atom. The average molecular weight is 217 g/mol. The second-order valence-corrected chi connectivity index (χ2v) is 4.51. The molecule has 0 saturated carbocycles. The molecule has 0 unspecified atom stereocenters. The molecular formula is C11H7NO2S. The van der Waals surface area contributed by atoms with Crippen molar-refractivity contribution in [1.29, 1.82) is 0 Å². The molecule has 0 aliphatic carbocycles. The highest BCUT2D eigenvalue weighted by Gasteiger charge is 2.26. The van der Waals surface area contributed by atoms with E-state index >= 15 is 0 Å². The van der Waals surface area contributed by atoms with Crippen LogP contribution in [0.3, 0.4) is 0 Å². The molecule has 2 aromatic rings. The first-order chi connectivity index (χ1) is 7.25. The summed E-state index contributed by atoms with van der Waals surface area (Å²) in [5.74, 6) is -0.474. The van der Waals surface area contributed by atoms with Crippen LogP contribution in [0.4, 0.5) is 0 Å². The van der Waals surface area contributed by atoms with Crippen molar-refractivity contribution in [3.05, 3.63) is 34.7 Å². The van der Waals surface area contributed by atoms with Crippen LogP contribution in [0.5, 0.6) is 0 Å². The molecule has 74 valence electrons. The molecular weight excluding hydrogens is 210 g/mol. The largest absolute Gasteiger partial charge is 0.291 e. The standard InChI is InChI=1S/C11H7NO2S/c13-9-5-7-6-3-1-2-4-8(6)15-10(7)11(14)12-9/h1-4H,5H2,(H,12,13,14). The number of rotatable bonds is 0. The van der Waals surface area contributed by atoms with Crippen LogP contribution in [-0.4, -0.2) is 11.8 Å². The van der Waals surface area contributed by atoms with Crippen molar-refractivity contribution in [3.8, 4) is 0 Å². The fraction of sp³-hybridized carbons (Fsp3) is 0.0909. The Hall–Kier alpha value is -1.68. The summed E-state index contributed by atoms with van der Waals surface area (Å²) in [7, 11) is 0. The minimum atomic E-state index is -0.262. The van der Waals surface area contributed by atoms with Gasteiger partial charge in [0.15, 0.2) is 0 Å². The van der Waals surface area contributed by atoms with E-state index in [0.717, 1.165) is 15.6 Å². The lowest BCUT2D eigenvalue weighted by atomic mass is 10.0. The quantitative estimate of drug-likeness (QED) is 0.683. The molecule has 0 bridgehead atoms.